The number of fused-ring (bicyclic) bond motifs is 1. The van der Waals surface area contributed by atoms with Gasteiger partial charge < -0.3 is 9.64 Å². The van der Waals surface area contributed by atoms with Crippen molar-refractivity contribution in [3.8, 4) is 6.07 Å². The van der Waals surface area contributed by atoms with Gasteiger partial charge in [-0.2, -0.15) is 5.26 Å². The van der Waals surface area contributed by atoms with Crippen LogP contribution in [0.2, 0.25) is 0 Å². The van der Waals surface area contributed by atoms with E-state index in [4.69, 9.17) is 9.72 Å². The van der Waals surface area contributed by atoms with Gasteiger partial charge in [0.15, 0.2) is 0 Å². The molecular weight excluding hydrogens is 262 g/mol. The molecule has 0 amide bonds. The van der Waals surface area contributed by atoms with Gasteiger partial charge in [0.1, 0.15) is 11.9 Å². The van der Waals surface area contributed by atoms with Gasteiger partial charge >= 0.3 is 0 Å². The molecule has 4 nitrogen and oxygen atoms in total. The maximum Gasteiger partial charge on any atom is 0.146 e. The smallest absolute Gasteiger partial charge is 0.146 e. The van der Waals surface area contributed by atoms with Gasteiger partial charge in [0, 0.05) is 18.8 Å². The maximum atomic E-state index is 9.43. The molecule has 3 rings (SSSR count). The van der Waals surface area contributed by atoms with E-state index in [1.165, 1.54) is 24.1 Å². The lowest BCUT2D eigenvalue weighted by atomic mass is 9.95. The Balaban J connectivity index is 1.82. The summed E-state index contributed by atoms with van der Waals surface area (Å²) in [6.45, 7) is 5.98. The summed E-state index contributed by atoms with van der Waals surface area (Å²) in [5.41, 5.74) is 3.16. The number of ether oxygens (including phenoxy) is 1. The third-order valence-corrected chi connectivity index (χ3v) is 4.30. The largest absolute Gasteiger partial charge is 0.372 e. The molecule has 21 heavy (non-hydrogen) atoms. The Bertz CT molecular complexity index is 576. The lowest BCUT2D eigenvalue weighted by Gasteiger charge is -2.22. The van der Waals surface area contributed by atoms with Gasteiger partial charge in [-0.15, -0.1) is 6.58 Å². The molecule has 1 aromatic heterocycles. The highest BCUT2D eigenvalue weighted by atomic mass is 16.5. The number of aryl methyl sites for hydroxylation is 2. The second-order valence-electron chi connectivity index (χ2n) is 5.76. The quantitative estimate of drug-likeness (QED) is 0.797. The predicted molar refractivity (Wildman–Crippen MR) is 82.4 cm³/mol. The topological polar surface area (TPSA) is 49.1 Å². The summed E-state index contributed by atoms with van der Waals surface area (Å²) in [7, 11) is 0. The molecule has 2 heterocycles. The third kappa shape index (κ3) is 2.93. The Morgan fingerprint density at radius 3 is 3.14 bits per heavy atom. The van der Waals surface area contributed by atoms with Crippen molar-refractivity contribution in [3.05, 3.63) is 35.5 Å². The Labute approximate surface area is 126 Å². The van der Waals surface area contributed by atoms with Gasteiger partial charge in [0.2, 0.25) is 0 Å². The average Bonchev–Trinajstić information content (AvgIpc) is 3.00. The van der Waals surface area contributed by atoms with Crippen LogP contribution < -0.4 is 4.90 Å². The molecular formula is C17H21N3O. The van der Waals surface area contributed by atoms with Crippen molar-refractivity contribution in [2.45, 2.75) is 38.2 Å². The van der Waals surface area contributed by atoms with Gasteiger partial charge in [0.05, 0.1) is 18.3 Å². The molecule has 1 saturated heterocycles. The molecule has 1 aliphatic heterocycles. The summed E-state index contributed by atoms with van der Waals surface area (Å²) >= 11 is 0. The summed E-state index contributed by atoms with van der Waals surface area (Å²) in [5, 5.41) is 9.43. The molecule has 2 aliphatic rings. The summed E-state index contributed by atoms with van der Waals surface area (Å²) in [5.74, 6) is 0.850. The van der Waals surface area contributed by atoms with E-state index in [1.807, 2.05) is 0 Å². The maximum absolute atomic E-state index is 9.43. The third-order valence-electron chi connectivity index (χ3n) is 4.30. The summed E-state index contributed by atoms with van der Waals surface area (Å²) in [6, 6.07) is 4.37. The number of aromatic nitrogens is 1. The predicted octanol–water partition coefficient (Wildman–Crippen LogP) is 2.61. The minimum absolute atomic E-state index is 0.215. The lowest BCUT2D eigenvalue weighted by Crippen LogP contribution is -2.25. The molecule has 0 bridgehead atoms. The van der Waals surface area contributed by atoms with Crippen molar-refractivity contribution < 1.29 is 4.74 Å². The molecule has 1 atom stereocenters. The monoisotopic (exact) mass is 283 g/mol. The highest BCUT2D eigenvalue weighted by molar-refractivity contribution is 5.57. The van der Waals surface area contributed by atoms with E-state index in [0.717, 1.165) is 38.2 Å². The molecule has 110 valence electrons. The van der Waals surface area contributed by atoms with Crippen molar-refractivity contribution in [1.82, 2.24) is 4.98 Å². The first-order chi connectivity index (χ1) is 10.3. The second-order valence-corrected chi connectivity index (χ2v) is 5.76. The first-order valence-corrected chi connectivity index (χ1v) is 7.72. The van der Waals surface area contributed by atoms with Crippen LogP contribution in [0.15, 0.2) is 18.7 Å². The van der Waals surface area contributed by atoms with Crippen molar-refractivity contribution >= 4 is 5.82 Å². The first-order valence-electron chi connectivity index (χ1n) is 7.72. The lowest BCUT2D eigenvalue weighted by molar-refractivity contribution is 0.0909. The van der Waals surface area contributed by atoms with Gasteiger partial charge in [0.25, 0.3) is 0 Å². The summed E-state index contributed by atoms with van der Waals surface area (Å²) < 4.78 is 5.72. The normalized spacial score (nSPS) is 20.9. The molecule has 0 aromatic carbocycles. The van der Waals surface area contributed by atoms with Crippen molar-refractivity contribution in [3.63, 3.8) is 0 Å². The highest BCUT2D eigenvalue weighted by Gasteiger charge is 2.27. The van der Waals surface area contributed by atoms with E-state index in [1.54, 1.807) is 6.08 Å². The van der Waals surface area contributed by atoms with E-state index in [2.05, 4.69) is 23.6 Å². The first kappa shape index (κ1) is 14.1. The van der Waals surface area contributed by atoms with E-state index in [0.29, 0.717) is 12.2 Å². The van der Waals surface area contributed by atoms with Gasteiger partial charge in [-0.3, -0.25) is 0 Å². The molecule has 4 heteroatoms. The molecule has 0 saturated carbocycles. The van der Waals surface area contributed by atoms with Crippen molar-refractivity contribution in [2.75, 3.05) is 24.6 Å². The van der Waals surface area contributed by atoms with Crippen LogP contribution in [-0.4, -0.2) is 30.8 Å². The van der Waals surface area contributed by atoms with E-state index < -0.39 is 0 Å². The number of nitrogens with zero attached hydrogens (tertiary/aromatic N) is 3. The summed E-state index contributed by atoms with van der Waals surface area (Å²) in [4.78, 5) is 7.00. The minimum Gasteiger partial charge on any atom is -0.372 e. The fraction of sp³-hybridized carbons (Fsp3) is 0.529. The van der Waals surface area contributed by atoms with Crippen molar-refractivity contribution in [2.24, 2.45) is 0 Å². The van der Waals surface area contributed by atoms with E-state index in [-0.39, 0.29) is 6.10 Å². The van der Waals surface area contributed by atoms with Crippen LogP contribution in [0.25, 0.3) is 0 Å². The Morgan fingerprint density at radius 1 is 1.48 bits per heavy atom. The highest BCUT2D eigenvalue weighted by Crippen LogP contribution is 2.28. The van der Waals surface area contributed by atoms with Gasteiger partial charge in [-0.05, 0) is 43.7 Å². The van der Waals surface area contributed by atoms with E-state index >= 15 is 0 Å². The zero-order chi connectivity index (χ0) is 14.7. The van der Waals surface area contributed by atoms with Crippen LogP contribution in [0.4, 0.5) is 5.82 Å². The van der Waals surface area contributed by atoms with Crippen LogP contribution in [0, 0.1) is 11.3 Å². The molecule has 1 fully saturated rings. The van der Waals surface area contributed by atoms with Crippen LogP contribution >= 0.6 is 0 Å². The zero-order valence-electron chi connectivity index (χ0n) is 12.3. The standard InChI is InChI=1S/C17H21N3O/c1-2-9-21-15-7-8-20(12-15)17-14(11-18)10-13-5-3-4-6-16(13)19-17/h2,10,15H,1,3-9,12H2. The van der Waals surface area contributed by atoms with Crippen molar-refractivity contribution in [1.29, 1.82) is 5.26 Å². The Kier molecular flexibility index (Phi) is 4.21. The molecule has 0 N–H and O–H groups in total. The fourth-order valence-corrected chi connectivity index (χ4v) is 3.21. The van der Waals surface area contributed by atoms with E-state index in [9.17, 15) is 5.26 Å². The Morgan fingerprint density at radius 2 is 2.33 bits per heavy atom. The molecule has 1 unspecified atom stereocenters. The Hall–Kier alpha value is -1.86. The molecule has 1 aromatic rings. The number of nitriles is 1. The average molecular weight is 283 g/mol. The molecule has 0 spiro atoms. The SMILES string of the molecule is C=CCOC1CCN(c2nc3c(cc2C#N)CCCC3)C1. The summed E-state index contributed by atoms with van der Waals surface area (Å²) in [6.07, 6.45) is 7.49. The van der Waals surface area contributed by atoms with Crippen LogP contribution in [-0.2, 0) is 17.6 Å². The van der Waals surface area contributed by atoms with Gasteiger partial charge in [-0.25, -0.2) is 4.98 Å². The zero-order valence-corrected chi connectivity index (χ0v) is 12.3. The number of hydrogen-bond acceptors (Lipinski definition) is 4. The molecule has 1 aliphatic carbocycles. The number of anilines is 1. The minimum atomic E-state index is 0.215. The van der Waals surface area contributed by atoms with Crippen LogP contribution in [0.1, 0.15) is 36.1 Å². The van der Waals surface area contributed by atoms with Crippen LogP contribution in [0.3, 0.4) is 0 Å². The second kappa shape index (κ2) is 6.28. The fourth-order valence-electron chi connectivity index (χ4n) is 3.21. The van der Waals surface area contributed by atoms with Crippen LogP contribution in [0.5, 0.6) is 0 Å². The number of pyridine rings is 1. The van der Waals surface area contributed by atoms with Gasteiger partial charge in [-0.1, -0.05) is 6.08 Å². The molecule has 0 radical (unpaired) electrons. The number of rotatable bonds is 4. The number of hydrogen-bond donors (Lipinski definition) is 0.